The molecular weight excluding hydrogens is 234 g/mol. The summed E-state index contributed by atoms with van der Waals surface area (Å²) in [5.74, 6) is 1.35. The van der Waals surface area contributed by atoms with E-state index >= 15 is 0 Å². The first-order valence-electron chi connectivity index (χ1n) is 5.78. The van der Waals surface area contributed by atoms with Crippen LogP contribution >= 0.6 is 0 Å². The van der Waals surface area contributed by atoms with Gasteiger partial charge in [-0.25, -0.2) is 0 Å². The molecule has 0 spiro atoms. The van der Waals surface area contributed by atoms with Crippen LogP contribution in [0, 0.1) is 13.8 Å². The second-order valence-corrected chi connectivity index (χ2v) is 4.11. The van der Waals surface area contributed by atoms with Gasteiger partial charge in [0.05, 0.1) is 11.7 Å². The summed E-state index contributed by atoms with van der Waals surface area (Å²) >= 11 is 0. The summed E-state index contributed by atoms with van der Waals surface area (Å²) in [6.07, 6.45) is 0. The third-order valence-electron chi connectivity index (χ3n) is 2.84. The fourth-order valence-corrected chi connectivity index (χ4v) is 1.52. The van der Waals surface area contributed by atoms with Crippen molar-refractivity contribution in [3.8, 4) is 0 Å². The molecule has 0 saturated heterocycles. The van der Waals surface area contributed by atoms with Gasteiger partial charge in [0.25, 0.3) is 0 Å². The molecular formula is C11H17N5O2. The third kappa shape index (κ3) is 2.51. The van der Waals surface area contributed by atoms with E-state index in [9.17, 15) is 0 Å². The normalized spacial score (nSPS) is 12.7. The summed E-state index contributed by atoms with van der Waals surface area (Å²) in [6, 6.07) is 0.430. The van der Waals surface area contributed by atoms with Crippen molar-refractivity contribution in [2.24, 2.45) is 0 Å². The van der Waals surface area contributed by atoms with Gasteiger partial charge in [0.2, 0.25) is 5.89 Å². The molecule has 0 bridgehead atoms. The third-order valence-corrected chi connectivity index (χ3v) is 2.84. The molecule has 0 fully saturated rings. The standard InChI is InChI=1S/C11H17N5O2/c1-6-9(8(3)18-16-6)5-13-11-15-14-10(17-11)7(2)12-4/h7,12H,5H2,1-4H3,(H,13,15). The maximum atomic E-state index is 5.47. The fourth-order valence-electron chi connectivity index (χ4n) is 1.52. The summed E-state index contributed by atoms with van der Waals surface area (Å²) < 4.78 is 10.5. The number of anilines is 1. The molecule has 0 radical (unpaired) electrons. The van der Waals surface area contributed by atoms with Gasteiger partial charge in [0.1, 0.15) is 5.76 Å². The molecule has 2 heterocycles. The van der Waals surface area contributed by atoms with Gasteiger partial charge < -0.3 is 19.6 Å². The highest BCUT2D eigenvalue weighted by Crippen LogP contribution is 2.16. The zero-order valence-corrected chi connectivity index (χ0v) is 10.9. The Morgan fingerprint density at radius 2 is 2.06 bits per heavy atom. The highest BCUT2D eigenvalue weighted by atomic mass is 16.5. The van der Waals surface area contributed by atoms with Crippen LogP contribution in [0.1, 0.15) is 35.9 Å². The molecule has 2 aromatic heterocycles. The van der Waals surface area contributed by atoms with Gasteiger partial charge >= 0.3 is 6.01 Å². The minimum absolute atomic E-state index is 0.0344. The quantitative estimate of drug-likeness (QED) is 0.833. The highest BCUT2D eigenvalue weighted by Gasteiger charge is 2.13. The lowest BCUT2D eigenvalue weighted by Gasteiger charge is -2.03. The predicted octanol–water partition coefficient (Wildman–Crippen LogP) is 1.57. The molecule has 0 amide bonds. The Bertz CT molecular complexity index is 500. The summed E-state index contributed by atoms with van der Waals surface area (Å²) in [5, 5.41) is 17.9. The predicted molar refractivity (Wildman–Crippen MR) is 65.1 cm³/mol. The second kappa shape index (κ2) is 5.18. The van der Waals surface area contributed by atoms with Gasteiger partial charge in [-0.1, -0.05) is 10.3 Å². The number of aromatic nitrogens is 3. The molecule has 7 nitrogen and oxygen atoms in total. The van der Waals surface area contributed by atoms with E-state index in [-0.39, 0.29) is 6.04 Å². The van der Waals surface area contributed by atoms with Crippen LogP contribution in [0.3, 0.4) is 0 Å². The van der Waals surface area contributed by atoms with Crippen LogP contribution in [0.25, 0.3) is 0 Å². The van der Waals surface area contributed by atoms with Crippen LogP contribution in [0.4, 0.5) is 6.01 Å². The van der Waals surface area contributed by atoms with E-state index in [0.29, 0.717) is 18.5 Å². The Kier molecular flexibility index (Phi) is 3.61. The SMILES string of the molecule is CNC(C)c1nnc(NCc2c(C)noc2C)o1. The molecule has 7 heteroatoms. The van der Waals surface area contributed by atoms with Crippen molar-refractivity contribution in [3.05, 3.63) is 22.9 Å². The van der Waals surface area contributed by atoms with E-state index in [1.807, 2.05) is 27.8 Å². The van der Waals surface area contributed by atoms with Crippen molar-refractivity contribution in [2.45, 2.75) is 33.4 Å². The van der Waals surface area contributed by atoms with E-state index in [4.69, 9.17) is 8.94 Å². The lowest BCUT2D eigenvalue weighted by atomic mass is 10.2. The summed E-state index contributed by atoms with van der Waals surface area (Å²) in [7, 11) is 1.84. The molecule has 2 rings (SSSR count). The van der Waals surface area contributed by atoms with Crippen LogP contribution in [0.5, 0.6) is 0 Å². The number of rotatable bonds is 5. The first-order valence-corrected chi connectivity index (χ1v) is 5.78. The second-order valence-electron chi connectivity index (χ2n) is 4.11. The van der Waals surface area contributed by atoms with Crippen molar-refractivity contribution >= 4 is 6.01 Å². The van der Waals surface area contributed by atoms with Crippen LogP contribution in [-0.4, -0.2) is 22.4 Å². The van der Waals surface area contributed by atoms with Crippen molar-refractivity contribution < 1.29 is 8.94 Å². The van der Waals surface area contributed by atoms with Crippen molar-refractivity contribution in [3.63, 3.8) is 0 Å². The molecule has 98 valence electrons. The minimum atomic E-state index is 0.0344. The molecule has 0 saturated carbocycles. The average molecular weight is 251 g/mol. The molecule has 18 heavy (non-hydrogen) atoms. The van der Waals surface area contributed by atoms with Crippen LogP contribution in [-0.2, 0) is 6.54 Å². The Hall–Kier alpha value is -1.89. The molecule has 0 aliphatic heterocycles. The first kappa shape index (κ1) is 12.6. The highest BCUT2D eigenvalue weighted by molar-refractivity contribution is 5.27. The van der Waals surface area contributed by atoms with Gasteiger partial charge in [0.15, 0.2) is 0 Å². The fraction of sp³-hybridized carbons (Fsp3) is 0.545. The summed E-state index contributed by atoms with van der Waals surface area (Å²) in [5.41, 5.74) is 1.87. The number of aryl methyl sites for hydroxylation is 2. The first-order chi connectivity index (χ1) is 8.61. The Morgan fingerprint density at radius 1 is 1.28 bits per heavy atom. The molecule has 0 aromatic carbocycles. The van der Waals surface area contributed by atoms with Crippen molar-refractivity contribution in [2.75, 3.05) is 12.4 Å². The molecule has 1 unspecified atom stereocenters. The van der Waals surface area contributed by atoms with Gasteiger partial charge in [-0.15, -0.1) is 5.10 Å². The van der Waals surface area contributed by atoms with Crippen molar-refractivity contribution in [1.29, 1.82) is 0 Å². The van der Waals surface area contributed by atoms with E-state index in [1.54, 1.807) is 0 Å². The Balaban J connectivity index is 2.00. The Morgan fingerprint density at radius 3 is 2.67 bits per heavy atom. The Labute approximate surface area is 105 Å². The van der Waals surface area contributed by atoms with E-state index in [1.165, 1.54) is 0 Å². The number of hydrogen-bond acceptors (Lipinski definition) is 7. The zero-order valence-electron chi connectivity index (χ0n) is 10.9. The smallest absolute Gasteiger partial charge is 0.315 e. The molecule has 0 aliphatic carbocycles. The maximum absolute atomic E-state index is 5.47. The van der Waals surface area contributed by atoms with Gasteiger partial charge in [-0.2, -0.15) is 0 Å². The van der Waals surface area contributed by atoms with Crippen LogP contribution < -0.4 is 10.6 Å². The van der Waals surface area contributed by atoms with Gasteiger partial charge in [0, 0.05) is 12.1 Å². The topological polar surface area (TPSA) is 89.0 Å². The molecule has 0 aliphatic rings. The van der Waals surface area contributed by atoms with E-state index in [2.05, 4.69) is 26.0 Å². The monoisotopic (exact) mass is 251 g/mol. The average Bonchev–Trinajstić information content (AvgIpc) is 2.95. The number of nitrogens with zero attached hydrogens (tertiary/aromatic N) is 3. The van der Waals surface area contributed by atoms with E-state index in [0.717, 1.165) is 17.0 Å². The lowest BCUT2D eigenvalue weighted by molar-refractivity contribution is 0.392. The minimum Gasteiger partial charge on any atom is -0.406 e. The van der Waals surface area contributed by atoms with Gasteiger partial charge in [-0.3, -0.25) is 0 Å². The maximum Gasteiger partial charge on any atom is 0.315 e. The zero-order chi connectivity index (χ0) is 13.1. The van der Waals surface area contributed by atoms with E-state index < -0.39 is 0 Å². The van der Waals surface area contributed by atoms with Crippen LogP contribution in [0.15, 0.2) is 8.94 Å². The molecule has 1 atom stereocenters. The number of nitrogens with one attached hydrogen (secondary N) is 2. The summed E-state index contributed by atoms with van der Waals surface area (Å²) in [4.78, 5) is 0. The molecule has 2 N–H and O–H groups in total. The largest absolute Gasteiger partial charge is 0.406 e. The molecule has 2 aromatic rings. The summed E-state index contributed by atoms with van der Waals surface area (Å²) in [6.45, 7) is 6.28. The lowest BCUT2D eigenvalue weighted by Crippen LogP contribution is -2.12. The van der Waals surface area contributed by atoms with Crippen molar-refractivity contribution in [1.82, 2.24) is 20.7 Å². The van der Waals surface area contributed by atoms with Crippen LogP contribution in [0.2, 0.25) is 0 Å². The number of hydrogen-bond donors (Lipinski definition) is 2. The van der Waals surface area contributed by atoms with Gasteiger partial charge in [-0.05, 0) is 27.8 Å².